The molecule has 0 aliphatic carbocycles. The van der Waals surface area contributed by atoms with E-state index in [1.54, 1.807) is 16.0 Å². The number of nitrogens with one attached hydrogen (secondary N) is 1. The average Bonchev–Trinajstić information content (AvgIpc) is 3.49. The van der Waals surface area contributed by atoms with Gasteiger partial charge in [-0.15, -0.1) is 16.4 Å². The van der Waals surface area contributed by atoms with Crippen molar-refractivity contribution < 1.29 is 9.53 Å². The lowest BCUT2D eigenvalue weighted by molar-refractivity contribution is -0.119. The van der Waals surface area contributed by atoms with Crippen molar-refractivity contribution in [3.63, 3.8) is 0 Å². The van der Waals surface area contributed by atoms with Crippen LogP contribution in [0.3, 0.4) is 0 Å². The summed E-state index contributed by atoms with van der Waals surface area (Å²) in [4.78, 5) is 13.7. The maximum absolute atomic E-state index is 12.6. The molecule has 1 fully saturated rings. The van der Waals surface area contributed by atoms with Gasteiger partial charge in [0.25, 0.3) is 0 Å². The number of benzene rings is 1. The molecule has 1 N–H and O–H groups in total. The summed E-state index contributed by atoms with van der Waals surface area (Å²) in [6.07, 6.45) is 2.24. The van der Waals surface area contributed by atoms with Gasteiger partial charge < -0.3 is 10.1 Å². The zero-order chi connectivity index (χ0) is 19.2. The van der Waals surface area contributed by atoms with Crippen LogP contribution in [0.25, 0.3) is 0 Å². The van der Waals surface area contributed by atoms with E-state index in [0.29, 0.717) is 11.7 Å². The van der Waals surface area contributed by atoms with Gasteiger partial charge in [-0.2, -0.15) is 0 Å². The van der Waals surface area contributed by atoms with Gasteiger partial charge in [0.2, 0.25) is 11.1 Å². The first-order chi connectivity index (χ1) is 13.8. The van der Waals surface area contributed by atoms with Crippen molar-refractivity contribution in [2.75, 3.05) is 12.4 Å². The minimum absolute atomic E-state index is 0.0566. The summed E-state index contributed by atoms with van der Waals surface area (Å²) < 4.78 is 7.37. The SMILES string of the molecule is O=C(CSc1nnnn1C[C@H]1CCCO1)N[C@@H](c1ccccc1)c1cccs1. The second kappa shape index (κ2) is 9.31. The quantitative estimate of drug-likeness (QED) is 0.570. The molecule has 1 aliphatic heterocycles. The predicted octanol–water partition coefficient (Wildman–Crippen LogP) is 2.91. The minimum atomic E-state index is -0.155. The van der Waals surface area contributed by atoms with Crippen LogP contribution >= 0.6 is 23.1 Å². The average molecular weight is 416 g/mol. The normalized spacial score (nSPS) is 17.5. The van der Waals surface area contributed by atoms with Crippen LogP contribution in [0.5, 0.6) is 0 Å². The summed E-state index contributed by atoms with van der Waals surface area (Å²) in [6, 6.07) is 13.9. The monoisotopic (exact) mass is 415 g/mol. The maximum atomic E-state index is 12.6. The van der Waals surface area contributed by atoms with E-state index in [0.717, 1.165) is 29.9 Å². The van der Waals surface area contributed by atoms with Gasteiger partial charge in [-0.1, -0.05) is 48.2 Å². The molecule has 0 bridgehead atoms. The van der Waals surface area contributed by atoms with E-state index in [4.69, 9.17) is 4.74 Å². The molecule has 9 heteroatoms. The fourth-order valence-electron chi connectivity index (χ4n) is 3.15. The highest BCUT2D eigenvalue weighted by Gasteiger charge is 2.21. The van der Waals surface area contributed by atoms with Crippen molar-refractivity contribution in [3.8, 4) is 0 Å². The summed E-state index contributed by atoms with van der Waals surface area (Å²) in [5, 5.41) is 17.6. The van der Waals surface area contributed by atoms with Crippen LogP contribution in [0.15, 0.2) is 53.0 Å². The summed E-state index contributed by atoms with van der Waals surface area (Å²) in [5.74, 6) is 0.194. The Balaban J connectivity index is 1.38. The molecular formula is C19H21N5O2S2. The van der Waals surface area contributed by atoms with E-state index in [2.05, 4.69) is 20.8 Å². The van der Waals surface area contributed by atoms with E-state index in [1.807, 2.05) is 47.8 Å². The first-order valence-electron chi connectivity index (χ1n) is 9.18. The van der Waals surface area contributed by atoms with Gasteiger partial charge in [0, 0.05) is 11.5 Å². The second-order valence-corrected chi connectivity index (χ2v) is 8.42. The van der Waals surface area contributed by atoms with Crippen molar-refractivity contribution in [2.45, 2.75) is 36.7 Å². The number of tetrazole rings is 1. The van der Waals surface area contributed by atoms with Gasteiger partial charge in [-0.3, -0.25) is 4.79 Å². The van der Waals surface area contributed by atoms with E-state index >= 15 is 0 Å². The second-order valence-electron chi connectivity index (χ2n) is 6.49. The Morgan fingerprint density at radius 2 is 2.21 bits per heavy atom. The Hall–Kier alpha value is -2.23. The Kier molecular flexibility index (Phi) is 6.35. The van der Waals surface area contributed by atoms with E-state index < -0.39 is 0 Å². The highest BCUT2D eigenvalue weighted by molar-refractivity contribution is 7.99. The molecule has 2 aromatic heterocycles. The van der Waals surface area contributed by atoms with Crippen molar-refractivity contribution in [3.05, 3.63) is 58.3 Å². The molecule has 7 nitrogen and oxygen atoms in total. The van der Waals surface area contributed by atoms with Crippen LogP contribution in [0.4, 0.5) is 0 Å². The number of amides is 1. The van der Waals surface area contributed by atoms with Crippen LogP contribution in [-0.2, 0) is 16.1 Å². The molecule has 0 spiro atoms. The number of carbonyl (C=O) groups is 1. The Morgan fingerprint density at radius 3 is 2.96 bits per heavy atom. The van der Waals surface area contributed by atoms with Crippen LogP contribution in [0.1, 0.15) is 29.3 Å². The zero-order valence-corrected chi connectivity index (χ0v) is 16.9. The molecule has 2 atom stereocenters. The number of aromatic nitrogens is 4. The Bertz CT molecular complexity index is 879. The van der Waals surface area contributed by atoms with Gasteiger partial charge in [0.05, 0.1) is 24.4 Å². The lowest BCUT2D eigenvalue weighted by atomic mass is 10.1. The Morgan fingerprint density at radius 1 is 1.32 bits per heavy atom. The molecule has 0 saturated carbocycles. The third-order valence-corrected chi connectivity index (χ3v) is 6.39. The van der Waals surface area contributed by atoms with Crippen molar-refractivity contribution >= 4 is 29.0 Å². The topological polar surface area (TPSA) is 81.9 Å². The first-order valence-corrected chi connectivity index (χ1v) is 11.0. The molecule has 28 heavy (non-hydrogen) atoms. The number of hydrogen-bond acceptors (Lipinski definition) is 7. The molecule has 1 amide bonds. The molecule has 4 rings (SSSR count). The highest BCUT2D eigenvalue weighted by Crippen LogP contribution is 2.26. The van der Waals surface area contributed by atoms with Crippen LogP contribution in [0, 0.1) is 0 Å². The van der Waals surface area contributed by atoms with E-state index in [1.165, 1.54) is 11.8 Å². The summed E-state index contributed by atoms with van der Waals surface area (Å²) in [5.41, 5.74) is 1.06. The van der Waals surface area contributed by atoms with Gasteiger partial charge >= 0.3 is 0 Å². The standard InChI is InChI=1S/C19H21N5O2S2/c25-17(13-28-19-21-22-23-24(19)12-15-8-4-10-26-15)20-18(16-9-5-11-27-16)14-6-2-1-3-7-14/h1-3,5-7,9,11,15,18H,4,8,10,12-13H2,(H,20,25)/t15-,18+/m1/s1. The van der Waals surface area contributed by atoms with Gasteiger partial charge in [-0.05, 0) is 40.3 Å². The van der Waals surface area contributed by atoms with Crippen LogP contribution in [0.2, 0.25) is 0 Å². The summed E-state index contributed by atoms with van der Waals surface area (Å²) >= 11 is 2.97. The largest absolute Gasteiger partial charge is 0.376 e. The number of carbonyl (C=O) groups excluding carboxylic acids is 1. The minimum Gasteiger partial charge on any atom is -0.376 e. The molecule has 1 saturated heterocycles. The molecule has 3 heterocycles. The Labute approximate surface area is 171 Å². The molecule has 1 aromatic carbocycles. The molecule has 1 aliphatic rings. The smallest absolute Gasteiger partial charge is 0.231 e. The number of nitrogens with zero attached hydrogens (tertiary/aromatic N) is 4. The zero-order valence-electron chi connectivity index (χ0n) is 15.2. The van der Waals surface area contributed by atoms with E-state index in [-0.39, 0.29) is 23.8 Å². The molecule has 0 unspecified atom stereocenters. The van der Waals surface area contributed by atoms with Gasteiger partial charge in [0.15, 0.2) is 0 Å². The summed E-state index contributed by atoms with van der Waals surface area (Å²) in [7, 11) is 0. The van der Waals surface area contributed by atoms with Crippen LogP contribution in [-0.4, -0.2) is 44.6 Å². The highest BCUT2D eigenvalue weighted by atomic mass is 32.2. The van der Waals surface area contributed by atoms with Crippen molar-refractivity contribution in [2.24, 2.45) is 0 Å². The van der Waals surface area contributed by atoms with Crippen molar-refractivity contribution in [1.29, 1.82) is 0 Å². The summed E-state index contributed by atoms with van der Waals surface area (Å²) in [6.45, 7) is 1.42. The number of hydrogen-bond donors (Lipinski definition) is 1. The number of rotatable bonds is 8. The molecule has 0 radical (unpaired) electrons. The first kappa shape index (κ1) is 19.1. The number of thiophene rings is 1. The van der Waals surface area contributed by atoms with E-state index in [9.17, 15) is 4.79 Å². The fraction of sp³-hybridized carbons (Fsp3) is 0.368. The lowest BCUT2D eigenvalue weighted by Gasteiger charge is -2.18. The number of ether oxygens (including phenoxy) is 1. The molecule has 146 valence electrons. The van der Waals surface area contributed by atoms with Gasteiger partial charge in [0.1, 0.15) is 0 Å². The maximum Gasteiger partial charge on any atom is 0.231 e. The molecular weight excluding hydrogens is 394 g/mol. The van der Waals surface area contributed by atoms with Gasteiger partial charge in [-0.25, -0.2) is 4.68 Å². The van der Waals surface area contributed by atoms with Crippen molar-refractivity contribution in [1.82, 2.24) is 25.5 Å². The van der Waals surface area contributed by atoms with Crippen LogP contribution < -0.4 is 5.32 Å². The molecule has 3 aromatic rings. The third-order valence-electron chi connectivity index (χ3n) is 4.50. The third kappa shape index (κ3) is 4.78. The fourth-order valence-corrected chi connectivity index (χ4v) is 4.65. The number of thioether (sulfide) groups is 1. The predicted molar refractivity (Wildman–Crippen MR) is 108 cm³/mol. The lowest BCUT2D eigenvalue weighted by Crippen LogP contribution is -2.30.